The van der Waals surface area contributed by atoms with E-state index in [2.05, 4.69) is 36.1 Å². The molecule has 2 fully saturated rings. The Morgan fingerprint density at radius 1 is 1.05 bits per heavy atom. The lowest BCUT2D eigenvalue weighted by atomic mass is 9.84. The Labute approximate surface area is 126 Å². The summed E-state index contributed by atoms with van der Waals surface area (Å²) in [6.07, 6.45) is 8.46. The Morgan fingerprint density at radius 2 is 1.75 bits per heavy atom. The number of piperidine rings is 1. The van der Waals surface area contributed by atoms with Crippen LogP contribution in [0.1, 0.15) is 45.4 Å². The van der Waals surface area contributed by atoms with Crippen LogP contribution in [0.5, 0.6) is 0 Å². The third-order valence-electron chi connectivity index (χ3n) is 5.33. The Morgan fingerprint density at radius 3 is 2.45 bits per heavy atom. The minimum Gasteiger partial charge on any atom is -0.314 e. The molecule has 3 nitrogen and oxygen atoms in total. The first-order chi connectivity index (χ1) is 9.69. The zero-order valence-electron chi connectivity index (χ0n) is 13.9. The van der Waals surface area contributed by atoms with Gasteiger partial charge in [-0.2, -0.15) is 0 Å². The van der Waals surface area contributed by atoms with Crippen molar-refractivity contribution in [1.82, 2.24) is 15.1 Å². The highest BCUT2D eigenvalue weighted by atomic mass is 15.1. The zero-order valence-corrected chi connectivity index (χ0v) is 13.9. The number of nitrogens with one attached hydrogen (secondary N) is 1. The molecule has 2 rings (SSSR count). The average molecular weight is 281 g/mol. The molecule has 3 heteroatoms. The number of hydrogen-bond acceptors (Lipinski definition) is 3. The molecule has 0 spiro atoms. The smallest absolute Gasteiger partial charge is 0.0107 e. The van der Waals surface area contributed by atoms with Gasteiger partial charge in [0.2, 0.25) is 0 Å². The Bertz CT molecular complexity index is 259. The summed E-state index contributed by atoms with van der Waals surface area (Å²) in [7, 11) is 4.60. The van der Waals surface area contributed by atoms with Crippen molar-refractivity contribution in [2.45, 2.75) is 51.5 Å². The SMILES string of the molecule is CCNC1CCCCC1CN(C)CC1CCN(C)CC1. The van der Waals surface area contributed by atoms with Gasteiger partial charge in [0.1, 0.15) is 0 Å². The first-order valence-corrected chi connectivity index (χ1v) is 8.79. The molecule has 2 aliphatic rings. The highest BCUT2D eigenvalue weighted by molar-refractivity contribution is 4.83. The number of likely N-dealkylation sites (tertiary alicyclic amines) is 1. The Kier molecular flexibility index (Phi) is 6.79. The molecule has 2 atom stereocenters. The van der Waals surface area contributed by atoms with Gasteiger partial charge in [-0.15, -0.1) is 0 Å². The second-order valence-electron chi connectivity index (χ2n) is 7.18. The lowest BCUT2D eigenvalue weighted by molar-refractivity contribution is 0.143. The van der Waals surface area contributed by atoms with Crippen LogP contribution in [0.4, 0.5) is 0 Å². The second-order valence-corrected chi connectivity index (χ2v) is 7.18. The number of hydrogen-bond donors (Lipinski definition) is 1. The summed E-state index contributed by atoms with van der Waals surface area (Å²) in [5.41, 5.74) is 0. The van der Waals surface area contributed by atoms with E-state index in [1.807, 2.05) is 0 Å². The van der Waals surface area contributed by atoms with E-state index in [9.17, 15) is 0 Å². The third-order valence-corrected chi connectivity index (χ3v) is 5.33. The summed E-state index contributed by atoms with van der Waals surface area (Å²) < 4.78 is 0. The van der Waals surface area contributed by atoms with E-state index in [0.29, 0.717) is 0 Å². The third kappa shape index (κ3) is 5.01. The summed E-state index contributed by atoms with van der Waals surface area (Å²) in [4.78, 5) is 5.09. The van der Waals surface area contributed by atoms with Gasteiger partial charge in [0.05, 0.1) is 0 Å². The fraction of sp³-hybridized carbons (Fsp3) is 1.00. The number of nitrogens with zero attached hydrogens (tertiary/aromatic N) is 2. The van der Waals surface area contributed by atoms with Gasteiger partial charge >= 0.3 is 0 Å². The lowest BCUT2D eigenvalue weighted by Crippen LogP contribution is -2.44. The fourth-order valence-electron chi connectivity index (χ4n) is 4.12. The summed E-state index contributed by atoms with van der Waals surface area (Å²) in [5.74, 6) is 1.80. The molecule has 0 aromatic heterocycles. The minimum absolute atomic E-state index is 0.772. The molecule has 1 saturated heterocycles. The van der Waals surface area contributed by atoms with E-state index >= 15 is 0 Å². The van der Waals surface area contributed by atoms with Gasteiger partial charge in [0.15, 0.2) is 0 Å². The van der Waals surface area contributed by atoms with Crippen LogP contribution in [0.2, 0.25) is 0 Å². The standard InChI is InChI=1S/C17H35N3/c1-4-18-17-8-6-5-7-16(17)14-20(3)13-15-9-11-19(2)12-10-15/h15-18H,4-14H2,1-3H3. The van der Waals surface area contributed by atoms with Crippen LogP contribution >= 0.6 is 0 Å². The van der Waals surface area contributed by atoms with Crippen LogP contribution in [0.3, 0.4) is 0 Å². The molecular formula is C17H35N3. The maximum atomic E-state index is 3.72. The predicted octanol–water partition coefficient (Wildman–Crippen LogP) is 2.43. The number of rotatable bonds is 6. The molecule has 1 saturated carbocycles. The van der Waals surface area contributed by atoms with Crippen LogP contribution in [-0.4, -0.2) is 62.7 Å². The molecule has 0 bridgehead atoms. The van der Waals surface area contributed by atoms with Gasteiger partial charge in [0.25, 0.3) is 0 Å². The maximum Gasteiger partial charge on any atom is 0.0107 e. The van der Waals surface area contributed by atoms with Gasteiger partial charge in [-0.05, 0) is 71.2 Å². The molecule has 1 heterocycles. The molecule has 1 aliphatic carbocycles. The monoisotopic (exact) mass is 281 g/mol. The average Bonchev–Trinajstić information content (AvgIpc) is 2.44. The molecule has 0 amide bonds. The topological polar surface area (TPSA) is 18.5 Å². The van der Waals surface area contributed by atoms with Crippen molar-refractivity contribution in [3.05, 3.63) is 0 Å². The molecule has 1 N–H and O–H groups in total. The molecule has 0 radical (unpaired) electrons. The van der Waals surface area contributed by atoms with Crippen molar-refractivity contribution in [2.24, 2.45) is 11.8 Å². The maximum absolute atomic E-state index is 3.72. The van der Waals surface area contributed by atoms with Gasteiger partial charge in [-0.3, -0.25) is 0 Å². The second kappa shape index (κ2) is 8.35. The largest absolute Gasteiger partial charge is 0.314 e. The van der Waals surface area contributed by atoms with E-state index in [4.69, 9.17) is 0 Å². The van der Waals surface area contributed by atoms with Crippen molar-refractivity contribution < 1.29 is 0 Å². The van der Waals surface area contributed by atoms with Crippen LogP contribution < -0.4 is 5.32 Å². The summed E-state index contributed by atoms with van der Waals surface area (Å²) >= 11 is 0. The molecular weight excluding hydrogens is 246 g/mol. The van der Waals surface area contributed by atoms with E-state index in [-0.39, 0.29) is 0 Å². The summed E-state index contributed by atoms with van der Waals surface area (Å²) in [5, 5.41) is 3.72. The van der Waals surface area contributed by atoms with Crippen molar-refractivity contribution in [3.8, 4) is 0 Å². The van der Waals surface area contributed by atoms with Crippen LogP contribution in [0, 0.1) is 11.8 Å². The normalized spacial score (nSPS) is 30.0. The minimum atomic E-state index is 0.772. The Hall–Kier alpha value is -0.120. The van der Waals surface area contributed by atoms with Crippen LogP contribution in [0.25, 0.3) is 0 Å². The molecule has 2 unspecified atom stereocenters. The van der Waals surface area contributed by atoms with Gasteiger partial charge < -0.3 is 15.1 Å². The zero-order chi connectivity index (χ0) is 14.4. The van der Waals surface area contributed by atoms with Crippen LogP contribution in [-0.2, 0) is 0 Å². The molecule has 118 valence electrons. The predicted molar refractivity (Wildman–Crippen MR) is 87.1 cm³/mol. The first-order valence-electron chi connectivity index (χ1n) is 8.79. The molecule has 0 aromatic carbocycles. The van der Waals surface area contributed by atoms with E-state index in [1.54, 1.807) is 0 Å². The van der Waals surface area contributed by atoms with Crippen molar-refractivity contribution in [1.29, 1.82) is 0 Å². The molecule has 1 aliphatic heterocycles. The summed E-state index contributed by atoms with van der Waals surface area (Å²) in [6, 6.07) is 0.772. The van der Waals surface area contributed by atoms with Gasteiger partial charge in [0, 0.05) is 19.1 Å². The van der Waals surface area contributed by atoms with E-state index in [0.717, 1.165) is 24.4 Å². The highest BCUT2D eigenvalue weighted by Gasteiger charge is 2.26. The van der Waals surface area contributed by atoms with Crippen molar-refractivity contribution in [3.63, 3.8) is 0 Å². The first kappa shape index (κ1) is 16.3. The fourth-order valence-corrected chi connectivity index (χ4v) is 4.12. The van der Waals surface area contributed by atoms with Crippen molar-refractivity contribution >= 4 is 0 Å². The van der Waals surface area contributed by atoms with E-state index < -0.39 is 0 Å². The Balaban J connectivity index is 1.73. The van der Waals surface area contributed by atoms with Crippen LogP contribution in [0.15, 0.2) is 0 Å². The highest BCUT2D eigenvalue weighted by Crippen LogP contribution is 2.26. The van der Waals surface area contributed by atoms with Crippen molar-refractivity contribution in [2.75, 3.05) is 46.8 Å². The summed E-state index contributed by atoms with van der Waals surface area (Å²) in [6.45, 7) is 8.56. The van der Waals surface area contributed by atoms with Gasteiger partial charge in [-0.25, -0.2) is 0 Å². The molecule has 0 aromatic rings. The van der Waals surface area contributed by atoms with Gasteiger partial charge in [-0.1, -0.05) is 19.8 Å². The van der Waals surface area contributed by atoms with E-state index in [1.165, 1.54) is 64.7 Å². The lowest BCUT2D eigenvalue weighted by Gasteiger charge is -2.37. The molecule has 20 heavy (non-hydrogen) atoms. The quantitative estimate of drug-likeness (QED) is 0.807.